The van der Waals surface area contributed by atoms with Crippen molar-refractivity contribution in [3.8, 4) is 5.88 Å². The summed E-state index contributed by atoms with van der Waals surface area (Å²) >= 11 is 0. The maximum atomic E-state index is 10.7. The van der Waals surface area contributed by atoms with Gasteiger partial charge in [-0.05, 0) is 13.0 Å². The number of hydrogen-bond acceptors (Lipinski definition) is 3. The van der Waals surface area contributed by atoms with Crippen molar-refractivity contribution >= 4 is 16.9 Å². The maximum absolute atomic E-state index is 10.7. The van der Waals surface area contributed by atoms with Crippen LogP contribution in [0.3, 0.4) is 0 Å². The van der Waals surface area contributed by atoms with Gasteiger partial charge >= 0.3 is 5.97 Å². The molecule has 2 rings (SSSR count). The number of nitrogens with zero attached hydrogens (tertiary/aromatic N) is 1. The number of benzene rings is 1. The Labute approximate surface area is 91.9 Å². The first-order chi connectivity index (χ1) is 7.59. The number of rotatable bonds is 3. The minimum atomic E-state index is -0.975. The highest BCUT2D eigenvalue weighted by molar-refractivity contribution is 5.83. The molecular weight excluding hydrogens is 208 g/mol. The van der Waals surface area contributed by atoms with Crippen molar-refractivity contribution in [2.24, 2.45) is 0 Å². The van der Waals surface area contributed by atoms with Crippen LogP contribution in [0.25, 0.3) is 10.9 Å². The summed E-state index contributed by atoms with van der Waals surface area (Å²) in [6, 6.07) is 8.13. The molecule has 1 heterocycles. The maximum Gasteiger partial charge on any atom is 0.327 e. The van der Waals surface area contributed by atoms with E-state index in [0.717, 1.165) is 10.9 Å². The average molecular weight is 220 g/mol. The molecule has 0 unspecified atom stereocenters. The minimum Gasteiger partial charge on any atom is -0.493 e. The van der Waals surface area contributed by atoms with Gasteiger partial charge in [-0.25, -0.2) is 9.47 Å². The Bertz CT molecular complexity index is 533. The summed E-state index contributed by atoms with van der Waals surface area (Å²) in [6.45, 7) is 1.51. The van der Waals surface area contributed by atoms with Crippen LogP contribution in [0, 0.1) is 0 Å². The van der Waals surface area contributed by atoms with Gasteiger partial charge in [-0.3, -0.25) is 0 Å². The number of carbonyl (C=O) groups is 1. The quantitative estimate of drug-likeness (QED) is 0.730. The van der Waals surface area contributed by atoms with Crippen molar-refractivity contribution in [1.82, 2.24) is 4.68 Å². The lowest BCUT2D eigenvalue weighted by Gasteiger charge is -2.13. The van der Waals surface area contributed by atoms with Gasteiger partial charge in [0.25, 0.3) is 0 Å². The average Bonchev–Trinajstić information content (AvgIpc) is 2.55. The molecule has 16 heavy (non-hydrogen) atoms. The van der Waals surface area contributed by atoms with E-state index < -0.39 is 12.0 Å². The lowest BCUT2D eigenvalue weighted by molar-refractivity contribution is -0.137. The summed E-state index contributed by atoms with van der Waals surface area (Å²) in [5.74, 6) is -0.980. The van der Waals surface area contributed by atoms with Crippen molar-refractivity contribution in [1.29, 1.82) is 0 Å². The van der Waals surface area contributed by atoms with Crippen molar-refractivity contribution in [3.63, 3.8) is 0 Å². The first-order valence-electron chi connectivity index (χ1n) is 4.88. The van der Waals surface area contributed by atoms with Crippen LogP contribution in [-0.2, 0) is 4.79 Å². The smallest absolute Gasteiger partial charge is 0.327 e. The zero-order chi connectivity index (χ0) is 11.7. The van der Waals surface area contributed by atoms with Gasteiger partial charge in [0.1, 0.15) is 6.04 Å². The van der Waals surface area contributed by atoms with E-state index in [0.29, 0.717) is 0 Å². The van der Waals surface area contributed by atoms with Gasteiger partial charge in [0.15, 0.2) is 0 Å². The van der Waals surface area contributed by atoms with Gasteiger partial charge in [-0.15, -0.1) is 0 Å². The molecule has 0 spiro atoms. The SMILES string of the molecule is C[C@H](Nn1c(O)cc2ccccc21)C(=O)O. The minimum absolute atomic E-state index is 0.00528. The molecule has 0 aliphatic heterocycles. The molecule has 5 nitrogen and oxygen atoms in total. The van der Waals surface area contributed by atoms with Crippen LogP contribution < -0.4 is 5.43 Å². The third-order valence-corrected chi connectivity index (χ3v) is 2.38. The summed E-state index contributed by atoms with van der Waals surface area (Å²) in [7, 11) is 0. The van der Waals surface area contributed by atoms with E-state index in [1.54, 1.807) is 12.1 Å². The Morgan fingerprint density at radius 3 is 2.81 bits per heavy atom. The standard InChI is InChI=1S/C11H12N2O3/c1-7(11(15)16)12-13-9-5-3-2-4-8(9)6-10(13)14/h2-7,12,14H,1H3,(H,15,16)/t7-/m0/s1. The van der Waals surface area contributed by atoms with Crippen LogP contribution >= 0.6 is 0 Å². The number of carboxylic acids is 1. The molecule has 1 aromatic carbocycles. The monoisotopic (exact) mass is 220 g/mol. The number of aromatic nitrogens is 1. The second-order valence-electron chi connectivity index (χ2n) is 3.59. The van der Waals surface area contributed by atoms with E-state index in [2.05, 4.69) is 5.43 Å². The number of aliphatic carboxylic acids is 1. The normalized spacial score (nSPS) is 12.6. The molecule has 3 N–H and O–H groups in total. The highest BCUT2D eigenvalue weighted by Gasteiger charge is 2.14. The first kappa shape index (κ1) is 10.4. The van der Waals surface area contributed by atoms with Gasteiger partial charge in [-0.2, -0.15) is 0 Å². The zero-order valence-electron chi connectivity index (χ0n) is 8.71. The zero-order valence-corrected chi connectivity index (χ0v) is 8.71. The fourth-order valence-electron chi connectivity index (χ4n) is 1.52. The lowest BCUT2D eigenvalue weighted by atomic mass is 10.2. The molecule has 0 bridgehead atoms. The second-order valence-corrected chi connectivity index (χ2v) is 3.59. The summed E-state index contributed by atoms with van der Waals surface area (Å²) < 4.78 is 1.37. The van der Waals surface area contributed by atoms with Gasteiger partial charge in [-0.1, -0.05) is 18.2 Å². The largest absolute Gasteiger partial charge is 0.493 e. The van der Waals surface area contributed by atoms with Gasteiger partial charge in [0, 0.05) is 11.5 Å². The Morgan fingerprint density at radius 2 is 2.12 bits per heavy atom. The van der Waals surface area contributed by atoms with E-state index in [4.69, 9.17) is 5.11 Å². The summed E-state index contributed by atoms with van der Waals surface area (Å²) in [4.78, 5) is 10.7. The van der Waals surface area contributed by atoms with Gasteiger partial charge < -0.3 is 15.6 Å². The molecule has 2 aromatic rings. The van der Waals surface area contributed by atoms with E-state index in [1.165, 1.54) is 11.6 Å². The molecule has 0 amide bonds. The summed E-state index contributed by atoms with van der Waals surface area (Å²) in [5.41, 5.74) is 3.44. The second kappa shape index (κ2) is 3.77. The first-order valence-corrected chi connectivity index (χ1v) is 4.88. The predicted octanol–water partition coefficient (Wildman–Crippen LogP) is 1.36. The third kappa shape index (κ3) is 1.67. The van der Waals surface area contributed by atoms with Crippen LogP contribution in [0.5, 0.6) is 5.88 Å². The third-order valence-electron chi connectivity index (χ3n) is 2.38. The summed E-state index contributed by atoms with van der Waals surface area (Å²) in [6.07, 6.45) is 0. The summed E-state index contributed by atoms with van der Waals surface area (Å²) in [5, 5.41) is 19.3. The van der Waals surface area contributed by atoms with Gasteiger partial charge in [0.2, 0.25) is 5.88 Å². The fraction of sp³-hybridized carbons (Fsp3) is 0.182. The molecule has 84 valence electrons. The highest BCUT2D eigenvalue weighted by Crippen LogP contribution is 2.22. The highest BCUT2D eigenvalue weighted by atomic mass is 16.4. The number of para-hydroxylation sites is 1. The number of carboxylic acid groups (broad SMARTS) is 1. The van der Waals surface area contributed by atoms with Crippen molar-refractivity contribution < 1.29 is 15.0 Å². The van der Waals surface area contributed by atoms with Crippen molar-refractivity contribution in [2.45, 2.75) is 13.0 Å². The van der Waals surface area contributed by atoms with E-state index in [1.807, 2.05) is 18.2 Å². The Morgan fingerprint density at radius 1 is 1.44 bits per heavy atom. The molecular formula is C11H12N2O3. The van der Waals surface area contributed by atoms with E-state index in [9.17, 15) is 9.90 Å². The number of fused-ring (bicyclic) bond motifs is 1. The molecule has 0 fully saturated rings. The molecule has 0 saturated heterocycles. The topological polar surface area (TPSA) is 74.5 Å². The van der Waals surface area contributed by atoms with Crippen LogP contribution in [0.15, 0.2) is 30.3 Å². The molecule has 0 saturated carbocycles. The van der Waals surface area contributed by atoms with Crippen LogP contribution in [0.4, 0.5) is 0 Å². The lowest BCUT2D eigenvalue weighted by Crippen LogP contribution is -2.31. The van der Waals surface area contributed by atoms with Crippen molar-refractivity contribution in [3.05, 3.63) is 30.3 Å². The molecule has 5 heteroatoms. The van der Waals surface area contributed by atoms with E-state index in [-0.39, 0.29) is 5.88 Å². The number of aromatic hydroxyl groups is 1. The molecule has 0 aliphatic carbocycles. The number of hydrogen-bond donors (Lipinski definition) is 3. The molecule has 0 aliphatic rings. The molecule has 1 aromatic heterocycles. The Kier molecular flexibility index (Phi) is 2.44. The fourth-order valence-corrected chi connectivity index (χ4v) is 1.52. The van der Waals surface area contributed by atoms with Crippen LogP contribution in [0.1, 0.15) is 6.92 Å². The van der Waals surface area contributed by atoms with Gasteiger partial charge in [0.05, 0.1) is 5.52 Å². The molecule has 1 atom stereocenters. The van der Waals surface area contributed by atoms with Crippen molar-refractivity contribution in [2.75, 3.05) is 5.43 Å². The van der Waals surface area contributed by atoms with E-state index >= 15 is 0 Å². The van der Waals surface area contributed by atoms with Crippen LogP contribution in [-0.4, -0.2) is 26.9 Å². The predicted molar refractivity (Wildman–Crippen MR) is 60.1 cm³/mol. The Hall–Kier alpha value is -2.17. The van der Waals surface area contributed by atoms with Crippen LogP contribution in [0.2, 0.25) is 0 Å². The number of nitrogens with one attached hydrogen (secondary N) is 1. The molecule has 0 radical (unpaired) electrons. The Balaban J connectivity index is 2.43.